The van der Waals surface area contributed by atoms with E-state index in [2.05, 4.69) is 0 Å². The van der Waals surface area contributed by atoms with Gasteiger partial charge in [0.05, 0.1) is 32.6 Å². The van der Waals surface area contributed by atoms with E-state index in [0.717, 1.165) is 42.5 Å². The molecular weight excluding hydrogens is 458 g/mol. The van der Waals surface area contributed by atoms with Crippen LogP contribution in [0.25, 0.3) is 0 Å². The molecule has 2 amide bonds. The van der Waals surface area contributed by atoms with Gasteiger partial charge in [0.2, 0.25) is 5.91 Å². The molecule has 1 fully saturated rings. The Morgan fingerprint density at radius 3 is 2.44 bits per heavy atom. The first-order chi connectivity index (χ1) is 17.5. The van der Waals surface area contributed by atoms with Gasteiger partial charge in [0.15, 0.2) is 0 Å². The molecule has 0 unspecified atom stereocenters. The van der Waals surface area contributed by atoms with Crippen LogP contribution in [-0.4, -0.2) is 68.5 Å². The van der Waals surface area contributed by atoms with Crippen LogP contribution in [0.2, 0.25) is 0 Å². The molecular formula is C28H35N3O5. The first-order valence-corrected chi connectivity index (χ1v) is 12.5. The van der Waals surface area contributed by atoms with E-state index in [1.807, 2.05) is 48.5 Å². The summed E-state index contributed by atoms with van der Waals surface area (Å²) in [7, 11) is 4.81. The Morgan fingerprint density at radius 1 is 1.03 bits per heavy atom. The highest BCUT2D eigenvalue weighted by Gasteiger charge is 2.36. The lowest BCUT2D eigenvalue weighted by Crippen LogP contribution is -2.44. The third-order valence-corrected chi connectivity index (χ3v) is 6.98. The smallest absolute Gasteiger partial charge is 0.262 e. The van der Waals surface area contributed by atoms with E-state index < -0.39 is 0 Å². The molecule has 1 aliphatic heterocycles. The highest BCUT2D eigenvalue weighted by molar-refractivity contribution is 6.05. The topological polar surface area (TPSA) is 80.7 Å². The van der Waals surface area contributed by atoms with Gasteiger partial charge in [-0.3, -0.25) is 9.59 Å². The molecule has 1 saturated carbocycles. The standard InChI is InChI=1S/C28H35N3O5/c1-34-16-15-30(28(33)21-11-7-8-12-21)19-27(32)31-25(20-9-5-4-6-10-20)18-24(29-31)23-14-13-22(35-2)17-26(23)36-3/h4-6,9-10,13-14,17,21,25H,7-8,11-12,15-16,18-19H2,1-3H3/t25-/m1/s1. The van der Waals surface area contributed by atoms with Crippen LogP contribution in [0.1, 0.15) is 49.3 Å². The number of amides is 2. The van der Waals surface area contributed by atoms with Crippen molar-refractivity contribution in [3.05, 3.63) is 59.7 Å². The van der Waals surface area contributed by atoms with E-state index in [1.54, 1.807) is 26.2 Å². The molecule has 8 heteroatoms. The minimum absolute atomic E-state index is 0.0132. The summed E-state index contributed by atoms with van der Waals surface area (Å²) in [6.07, 6.45) is 4.41. The van der Waals surface area contributed by atoms with Crippen molar-refractivity contribution in [2.75, 3.05) is 41.0 Å². The molecule has 0 N–H and O–H groups in total. The lowest BCUT2D eigenvalue weighted by atomic mass is 9.98. The van der Waals surface area contributed by atoms with Crippen molar-refractivity contribution >= 4 is 17.5 Å². The van der Waals surface area contributed by atoms with Crippen LogP contribution in [0.3, 0.4) is 0 Å². The number of ether oxygens (including phenoxy) is 3. The van der Waals surface area contributed by atoms with Gasteiger partial charge in [0.1, 0.15) is 18.0 Å². The van der Waals surface area contributed by atoms with E-state index >= 15 is 0 Å². The van der Waals surface area contributed by atoms with Crippen LogP contribution in [0.15, 0.2) is 53.6 Å². The summed E-state index contributed by atoms with van der Waals surface area (Å²) in [6, 6.07) is 15.2. The predicted molar refractivity (Wildman–Crippen MR) is 137 cm³/mol. The van der Waals surface area contributed by atoms with Gasteiger partial charge in [-0.25, -0.2) is 5.01 Å². The monoisotopic (exact) mass is 493 g/mol. The Hall–Kier alpha value is -3.39. The van der Waals surface area contributed by atoms with Crippen molar-refractivity contribution in [1.82, 2.24) is 9.91 Å². The lowest BCUT2D eigenvalue weighted by Gasteiger charge is -2.28. The zero-order valence-electron chi connectivity index (χ0n) is 21.3. The fourth-order valence-corrected chi connectivity index (χ4v) is 5.01. The number of carbonyl (C=O) groups excluding carboxylic acids is 2. The fraction of sp³-hybridized carbons (Fsp3) is 0.464. The van der Waals surface area contributed by atoms with Crippen molar-refractivity contribution in [1.29, 1.82) is 0 Å². The molecule has 0 saturated heterocycles. The molecule has 0 bridgehead atoms. The third-order valence-electron chi connectivity index (χ3n) is 6.98. The summed E-state index contributed by atoms with van der Waals surface area (Å²) >= 11 is 0. The van der Waals surface area contributed by atoms with Gasteiger partial charge in [-0.05, 0) is 30.5 Å². The SMILES string of the molecule is COCCN(CC(=O)N1N=C(c2ccc(OC)cc2OC)C[C@@H]1c1ccccc1)C(=O)C1CCCC1. The Kier molecular flexibility index (Phi) is 8.59. The van der Waals surface area contributed by atoms with E-state index in [0.29, 0.717) is 31.1 Å². The molecule has 8 nitrogen and oxygen atoms in total. The van der Waals surface area contributed by atoms with E-state index in [1.165, 1.54) is 5.01 Å². The second-order valence-corrected chi connectivity index (χ2v) is 9.22. The van der Waals surface area contributed by atoms with Crippen LogP contribution in [0.5, 0.6) is 11.5 Å². The summed E-state index contributed by atoms with van der Waals surface area (Å²) in [5, 5.41) is 6.32. The highest BCUT2D eigenvalue weighted by atomic mass is 16.5. The number of nitrogens with zero attached hydrogens (tertiary/aromatic N) is 3. The summed E-state index contributed by atoms with van der Waals surface area (Å²) < 4.78 is 16.2. The number of benzene rings is 2. The van der Waals surface area contributed by atoms with Crippen LogP contribution in [-0.2, 0) is 14.3 Å². The van der Waals surface area contributed by atoms with Gasteiger partial charge in [-0.15, -0.1) is 0 Å². The van der Waals surface area contributed by atoms with Gasteiger partial charge in [-0.1, -0.05) is 43.2 Å². The maximum atomic E-state index is 13.7. The maximum absolute atomic E-state index is 13.7. The Bertz CT molecular complexity index is 1080. The van der Waals surface area contributed by atoms with Crippen LogP contribution in [0, 0.1) is 5.92 Å². The van der Waals surface area contributed by atoms with E-state index in [-0.39, 0.29) is 30.3 Å². The average Bonchev–Trinajstić information content (AvgIpc) is 3.61. The largest absolute Gasteiger partial charge is 0.497 e. The van der Waals surface area contributed by atoms with Gasteiger partial charge < -0.3 is 19.1 Å². The zero-order chi connectivity index (χ0) is 25.5. The number of methoxy groups -OCH3 is 3. The summed E-state index contributed by atoms with van der Waals surface area (Å²) in [6.45, 7) is 0.730. The number of rotatable bonds is 10. The second kappa shape index (κ2) is 12.0. The zero-order valence-corrected chi connectivity index (χ0v) is 21.3. The molecule has 0 spiro atoms. The Balaban J connectivity index is 1.62. The van der Waals surface area contributed by atoms with Crippen molar-refractivity contribution < 1.29 is 23.8 Å². The Labute approximate surface area is 212 Å². The molecule has 192 valence electrons. The van der Waals surface area contributed by atoms with Crippen molar-refractivity contribution in [2.45, 2.75) is 38.1 Å². The summed E-state index contributed by atoms with van der Waals surface area (Å²) in [5.74, 6) is 1.12. The molecule has 1 heterocycles. The minimum atomic E-state index is -0.272. The predicted octanol–water partition coefficient (Wildman–Crippen LogP) is 4.05. The quantitative estimate of drug-likeness (QED) is 0.499. The Morgan fingerprint density at radius 2 is 1.78 bits per heavy atom. The van der Waals surface area contributed by atoms with Gasteiger partial charge >= 0.3 is 0 Å². The van der Waals surface area contributed by atoms with Crippen molar-refractivity contribution in [3.63, 3.8) is 0 Å². The first kappa shape index (κ1) is 25.7. The average molecular weight is 494 g/mol. The number of carbonyl (C=O) groups is 2. The molecule has 2 aromatic rings. The van der Waals surface area contributed by atoms with E-state index in [9.17, 15) is 9.59 Å². The lowest BCUT2D eigenvalue weighted by molar-refractivity contribution is -0.144. The maximum Gasteiger partial charge on any atom is 0.262 e. The molecule has 4 rings (SSSR count). The molecule has 0 radical (unpaired) electrons. The van der Waals surface area contributed by atoms with Gasteiger partial charge in [-0.2, -0.15) is 5.10 Å². The molecule has 1 aliphatic carbocycles. The van der Waals surface area contributed by atoms with Crippen molar-refractivity contribution in [2.24, 2.45) is 11.0 Å². The molecule has 1 atom stereocenters. The minimum Gasteiger partial charge on any atom is -0.497 e. The first-order valence-electron chi connectivity index (χ1n) is 12.5. The number of hydrogen-bond donors (Lipinski definition) is 0. The number of hydrogen-bond acceptors (Lipinski definition) is 6. The molecule has 36 heavy (non-hydrogen) atoms. The third kappa shape index (κ3) is 5.70. The van der Waals surface area contributed by atoms with E-state index in [4.69, 9.17) is 19.3 Å². The van der Waals surface area contributed by atoms with Gasteiger partial charge in [0.25, 0.3) is 5.91 Å². The molecule has 2 aromatic carbocycles. The van der Waals surface area contributed by atoms with Crippen LogP contribution < -0.4 is 9.47 Å². The normalized spacial score (nSPS) is 17.7. The molecule has 2 aliphatic rings. The van der Waals surface area contributed by atoms with Gasteiger partial charge in [0, 0.05) is 37.6 Å². The second-order valence-electron chi connectivity index (χ2n) is 9.22. The highest BCUT2D eigenvalue weighted by Crippen LogP contribution is 2.36. The summed E-state index contributed by atoms with van der Waals surface area (Å²) in [4.78, 5) is 28.5. The summed E-state index contributed by atoms with van der Waals surface area (Å²) in [5.41, 5.74) is 2.55. The van der Waals surface area contributed by atoms with Crippen molar-refractivity contribution in [3.8, 4) is 11.5 Å². The van der Waals surface area contributed by atoms with Crippen LogP contribution >= 0.6 is 0 Å². The fourth-order valence-electron chi connectivity index (χ4n) is 5.01. The van der Waals surface area contributed by atoms with Crippen LogP contribution in [0.4, 0.5) is 0 Å². The molecule has 0 aromatic heterocycles. The number of hydrazone groups is 1.